The molecular formula is C22H29F2IN4O2. The topological polar surface area (TPSA) is 66.0 Å². The van der Waals surface area contributed by atoms with Crippen LogP contribution in [0, 0.1) is 0 Å². The van der Waals surface area contributed by atoms with Crippen molar-refractivity contribution in [3.8, 4) is 5.75 Å². The Labute approximate surface area is 199 Å². The van der Waals surface area contributed by atoms with Gasteiger partial charge in [0.15, 0.2) is 5.96 Å². The number of hydrogen-bond donors (Lipinski definition) is 2. The number of rotatable bonds is 10. The van der Waals surface area contributed by atoms with Gasteiger partial charge >= 0.3 is 6.61 Å². The maximum atomic E-state index is 12.5. The largest absolute Gasteiger partial charge is 0.434 e. The van der Waals surface area contributed by atoms with Crippen molar-refractivity contribution in [2.45, 2.75) is 33.0 Å². The molecular weight excluding hydrogens is 517 g/mol. The van der Waals surface area contributed by atoms with Gasteiger partial charge in [0.05, 0.1) is 6.54 Å². The van der Waals surface area contributed by atoms with E-state index in [9.17, 15) is 13.6 Å². The van der Waals surface area contributed by atoms with Crippen molar-refractivity contribution in [1.29, 1.82) is 0 Å². The first kappa shape index (κ1) is 26.6. The van der Waals surface area contributed by atoms with Crippen molar-refractivity contribution in [3.63, 3.8) is 0 Å². The number of nitrogens with zero attached hydrogens (tertiary/aromatic N) is 2. The average Bonchev–Trinajstić information content (AvgIpc) is 2.73. The molecule has 170 valence electrons. The van der Waals surface area contributed by atoms with Gasteiger partial charge in [0.1, 0.15) is 5.75 Å². The number of carbonyl (C=O) groups is 1. The van der Waals surface area contributed by atoms with Crippen molar-refractivity contribution < 1.29 is 18.3 Å². The molecule has 6 nitrogen and oxygen atoms in total. The van der Waals surface area contributed by atoms with Crippen molar-refractivity contribution >= 4 is 35.8 Å². The van der Waals surface area contributed by atoms with Gasteiger partial charge in [-0.05, 0) is 18.6 Å². The van der Waals surface area contributed by atoms with E-state index in [-0.39, 0.29) is 42.2 Å². The van der Waals surface area contributed by atoms with Gasteiger partial charge in [-0.3, -0.25) is 4.79 Å². The summed E-state index contributed by atoms with van der Waals surface area (Å²) in [4.78, 5) is 18.4. The fraction of sp³-hybridized carbons (Fsp3) is 0.364. The molecule has 2 aromatic carbocycles. The van der Waals surface area contributed by atoms with E-state index < -0.39 is 6.61 Å². The summed E-state index contributed by atoms with van der Waals surface area (Å²) < 4.78 is 29.6. The summed E-state index contributed by atoms with van der Waals surface area (Å²) in [6, 6.07) is 16.3. The monoisotopic (exact) mass is 546 g/mol. The molecule has 0 spiro atoms. The molecule has 0 aliphatic carbocycles. The first-order valence-corrected chi connectivity index (χ1v) is 9.82. The van der Waals surface area contributed by atoms with Crippen LogP contribution in [-0.2, 0) is 17.9 Å². The number of para-hydroxylation sites is 1. The summed E-state index contributed by atoms with van der Waals surface area (Å²) in [5.74, 6) is 0.616. The van der Waals surface area contributed by atoms with E-state index in [4.69, 9.17) is 0 Å². The van der Waals surface area contributed by atoms with Crippen LogP contribution in [0.25, 0.3) is 0 Å². The Balaban J connectivity index is 0.00000480. The second-order valence-corrected chi connectivity index (χ2v) is 6.59. The number of halogens is 3. The predicted molar refractivity (Wildman–Crippen MR) is 129 cm³/mol. The van der Waals surface area contributed by atoms with Gasteiger partial charge in [-0.25, -0.2) is 4.99 Å². The number of aliphatic imine (C=N–C) groups is 1. The third kappa shape index (κ3) is 9.95. The summed E-state index contributed by atoms with van der Waals surface area (Å²) in [7, 11) is 1.77. The highest BCUT2D eigenvalue weighted by Crippen LogP contribution is 2.20. The maximum absolute atomic E-state index is 12.5. The normalized spacial score (nSPS) is 10.9. The highest BCUT2D eigenvalue weighted by atomic mass is 127. The molecule has 0 unspecified atom stereocenters. The van der Waals surface area contributed by atoms with Gasteiger partial charge in [-0.1, -0.05) is 48.5 Å². The van der Waals surface area contributed by atoms with E-state index in [1.807, 2.05) is 37.3 Å². The van der Waals surface area contributed by atoms with Gasteiger partial charge < -0.3 is 20.3 Å². The van der Waals surface area contributed by atoms with Crippen LogP contribution in [0.4, 0.5) is 8.78 Å². The molecule has 0 saturated carbocycles. The quantitative estimate of drug-likeness (QED) is 0.269. The Morgan fingerprint density at radius 2 is 1.77 bits per heavy atom. The fourth-order valence-electron chi connectivity index (χ4n) is 2.78. The number of nitrogens with one attached hydrogen (secondary N) is 2. The van der Waals surface area contributed by atoms with Crippen molar-refractivity contribution in [2.24, 2.45) is 4.99 Å². The third-order valence-electron chi connectivity index (χ3n) is 4.26. The molecule has 2 N–H and O–H groups in total. The number of carbonyl (C=O) groups excluding carboxylic acids is 1. The van der Waals surface area contributed by atoms with Gasteiger partial charge in [-0.2, -0.15) is 8.78 Å². The van der Waals surface area contributed by atoms with Crippen molar-refractivity contribution in [1.82, 2.24) is 15.5 Å². The lowest BCUT2D eigenvalue weighted by Crippen LogP contribution is -2.39. The fourth-order valence-corrected chi connectivity index (χ4v) is 2.78. The lowest BCUT2D eigenvalue weighted by Gasteiger charge is -2.18. The Kier molecular flexibility index (Phi) is 12.5. The van der Waals surface area contributed by atoms with Crippen LogP contribution in [0.2, 0.25) is 0 Å². The minimum absolute atomic E-state index is 0. The SMILES string of the molecule is CCNC(=NCc1ccccc1OC(F)F)NCCC(=O)N(C)Cc1ccccc1.I. The van der Waals surface area contributed by atoms with Crippen LogP contribution in [0.15, 0.2) is 59.6 Å². The molecule has 0 fully saturated rings. The van der Waals surface area contributed by atoms with Gasteiger partial charge in [0, 0.05) is 38.7 Å². The molecule has 0 bridgehead atoms. The first-order valence-electron chi connectivity index (χ1n) is 9.82. The van der Waals surface area contributed by atoms with E-state index in [0.29, 0.717) is 37.6 Å². The molecule has 2 aromatic rings. The second-order valence-electron chi connectivity index (χ2n) is 6.59. The van der Waals surface area contributed by atoms with E-state index in [2.05, 4.69) is 20.4 Å². The molecule has 1 amide bonds. The predicted octanol–water partition coefficient (Wildman–Crippen LogP) is 4.01. The summed E-state index contributed by atoms with van der Waals surface area (Å²) in [5.41, 5.74) is 1.62. The molecule has 9 heteroatoms. The molecule has 0 aromatic heterocycles. The average molecular weight is 546 g/mol. The smallest absolute Gasteiger partial charge is 0.387 e. The van der Waals surface area contributed by atoms with E-state index >= 15 is 0 Å². The van der Waals surface area contributed by atoms with Gasteiger partial charge in [0.25, 0.3) is 0 Å². The van der Waals surface area contributed by atoms with E-state index in [1.165, 1.54) is 6.07 Å². The molecule has 0 aliphatic heterocycles. The number of amides is 1. The second kappa shape index (κ2) is 14.6. The first-order chi connectivity index (χ1) is 14.5. The number of benzene rings is 2. The van der Waals surface area contributed by atoms with Crippen LogP contribution < -0.4 is 15.4 Å². The molecule has 0 aliphatic rings. The summed E-state index contributed by atoms with van der Waals surface area (Å²) in [6.07, 6.45) is 0.304. The molecule has 0 saturated heterocycles. The minimum Gasteiger partial charge on any atom is -0.434 e. The minimum atomic E-state index is -2.89. The van der Waals surface area contributed by atoms with Crippen LogP contribution in [0.1, 0.15) is 24.5 Å². The number of ether oxygens (including phenoxy) is 1. The van der Waals surface area contributed by atoms with E-state index in [0.717, 1.165) is 5.56 Å². The Morgan fingerprint density at radius 1 is 1.10 bits per heavy atom. The molecule has 0 atom stereocenters. The molecule has 2 rings (SSSR count). The Hall–Kier alpha value is -2.43. The van der Waals surface area contributed by atoms with Gasteiger partial charge in [-0.15, -0.1) is 24.0 Å². The summed E-state index contributed by atoms with van der Waals surface area (Å²) >= 11 is 0. The molecule has 0 heterocycles. The highest BCUT2D eigenvalue weighted by Gasteiger charge is 2.11. The van der Waals surface area contributed by atoms with Crippen LogP contribution in [0.5, 0.6) is 5.75 Å². The summed E-state index contributed by atoms with van der Waals surface area (Å²) in [5, 5.41) is 6.18. The number of guanidine groups is 1. The Morgan fingerprint density at radius 3 is 2.45 bits per heavy atom. The van der Waals surface area contributed by atoms with Crippen LogP contribution >= 0.6 is 24.0 Å². The number of alkyl halides is 2. The van der Waals surface area contributed by atoms with E-state index in [1.54, 1.807) is 30.1 Å². The number of hydrogen-bond acceptors (Lipinski definition) is 3. The maximum Gasteiger partial charge on any atom is 0.387 e. The standard InChI is InChI=1S/C22H28F2N4O2.HI/c1-3-25-22(27-15-18-11-7-8-12-19(18)30-21(23)24)26-14-13-20(29)28(2)16-17-9-5-4-6-10-17;/h4-12,21H,3,13-16H2,1-2H3,(H2,25,26,27);1H. The molecule has 31 heavy (non-hydrogen) atoms. The van der Waals surface area contributed by atoms with Crippen molar-refractivity contribution in [3.05, 3.63) is 65.7 Å². The molecule has 0 radical (unpaired) electrons. The lowest BCUT2D eigenvalue weighted by molar-refractivity contribution is -0.130. The summed E-state index contributed by atoms with van der Waals surface area (Å²) in [6.45, 7) is 0.779. The highest BCUT2D eigenvalue weighted by molar-refractivity contribution is 14.0. The third-order valence-corrected chi connectivity index (χ3v) is 4.26. The van der Waals surface area contributed by atoms with Crippen molar-refractivity contribution in [2.75, 3.05) is 20.1 Å². The van der Waals surface area contributed by atoms with Crippen LogP contribution in [0.3, 0.4) is 0 Å². The van der Waals surface area contributed by atoms with Gasteiger partial charge in [0.2, 0.25) is 5.91 Å². The zero-order valence-corrected chi connectivity index (χ0v) is 20.0. The van der Waals surface area contributed by atoms with Crippen LogP contribution in [-0.4, -0.2) is 43.5 Å². The lowest BCUT2D eigenvalue weighted by atomic mass is 10.2. The zero-order chi connectivity index (χ0) is 21.8. The zero-order valence-electron chi connectivity index (χ0n) is 17.7. The Bertz CT molecular complexity index is 822.